The van der Waals surface area contributed by atoms with Crippen LogP contribution in [0.2, 0.25) is 0 Å². The Morgan fingerprint density at radius 1 is 1.21 bits per heavy atom. The van der Waals surface area contributed by atoms with Gasteiger partial charge in [0.05, 0.1) is 7.11 Å². The van der Waals surface area contributed by atoms with Crippen molar-refractivity contribution in [1.82, 2.24) is 0 Å². The van der Waals surface area contributed by atoms with Crippen LogP contribution in [0.1, 0.15) is 19.8 Å². The van der Waals surface area contributed by atoms with E-state index in [-0.39, 0.29) is 0 Å². The van der Waals surface area contributed by atoms with Crippen LogP contribution in [0.15, 0.2) is 35.5 Å². The quantitative estimate of drug-likeness (QED) is 0.788. The van der Waals surface area contributed by atoms with Gasteiger partial charge in [-0.25, -0.2) is 0 Å². The predicted molar refractivity (Wildman–Crippen MR) is 58.6 cm³/mol. The minimum absolute atomic E-state index is 0.896. The lowest BCUT2D eigenvalue weighted by atomic mass is 10.3. The largest absolute Gasteiger partial charge is 0.497 e. The Hall–Kier alpha value is -1.44. The molecule has 0 spiro atoms. The highest BCUT2D eigenvalue weighted by atomic mass is 16.5. The zero-order valence-corrected chi connectivity index (χ0v) is 8.63. The zero-order valence-electron chi connectivity index (χ0n) is 8.63. The molecule has 0 bridgehead atoms. The fourth-order valence-electron chi connectivity index (χ4n) is 1.42. The van der Waals surface area contributed by atoms with Crippen LogP contribution in [-0.2, 0) is 0 Å². The van der Waals surface area contributed by atoms with Crippen molar-refractivity contribution in [3.63, 3.8) is 0 Å². The van der Waals surface area contributed by atoms with Crippen LogP contribution in [0.3, 0.4) is 0 Å². The van der Waals surface area contributed by atoms with E-state index in [1.165, 1.54) is 18.5 Å². The van der Waals surface area contributed by atoms with Crippen LogP contribution in [0, 0.1) is 0 Å². The summed E-state index contributed by atoms with van der Waals surface area (Å²) in [6, 6.07) is 8.00. The summed E-state index contributed by atoms with van der Waals surface area (Å²) in [7, 11) is 1.68. The summed E-state index contributed by atoms with van der Waals surface area (Å²) >= 11 is 0. The van der Waals surface area contributed by atoms with Crippen LogP contribution in [0.5, 0.6) is 5.75 Å². The van der Waals surface area contributed by atoms with Crippen molar-refractivity contribution in [2.24, 2.45) is 0 Å². The van der Waals surface area contributed by atoms with Gasteiger partial charge in [-0.15, -0.1) is 0 Å². The first kappa shape index (κ1) is 9.13. The molecule has 1 fully saturated rings. The van der Waals surface area contributed by atoms with Gasteiger partial charge in [0.15, 0.2) is 0 Å². The van der Waals surface area contributed by atoms with Crippen LogP contribution < -0.4 is 10.1 Å². The maximum Gasteiger partial charge on any atom is 0.119 e. The number of methoxy groups -OCH3 is 1. The molecule has 0 aliphatic heterocycles. The summed E-state index contributed by atoms with van der Waals surface area (Å²) in [5.74, 6) is 0.896. The molecule has 0 saturated heterocycles. The van der Waals surface area contributed by atoms with Crippen molar-refractivity contribution in [2.75, 3.05) is 12.4 Å². The first-order chi connectivity index (χ1) is 6.79. The Morgan fingerprint density at radius 3 is 2.36 bits per heavy atom. The maximum absolute atomic E-state index is 5.09. The molecular weight excluding hydrogens is 174 g/mol. The first-order valence-electron chi connectivity index (χ1n) is 4.89. The van der Waals surface area contributed by atoms with E-state index in [1.54, 1.807) is 12.7 Å². The van der Waals surface area contributed by atoms with Gasteiger partial charge in [-0.3, -0.25) is 0 Å². The second-order valence-electron chi connectivity index (χ2n) is 3.58. The Balaban J connectivity index is 2.06. The summed E-state index contributed by atoms with van der Waals surface area (Å²) in [6.07, 6.45) is 2.52. The zero-order chi connectivity index (χ0) is 9.97. The molecule has 0 amide bonds. The van der Waals surface area contributed by atoms with Crippen LogP contribution in [-0.4, -0.2) is 7.11 Å². The Kier molecular flexibility index (Phi) is 2.44. The van der Waals surface area contributed by atoms with Crippen molar-refractivity contribution in [3.05, 3.63) is 35.5 Å². The first-order valence-corrected chi connectivity index (χ1v) is 4.89. The molecule has 2 nitrogen and oxygen atoms in total. The van der Waals surface area contributed by atoms with Crippen LogP contribution >= 0.6 is 0 Å². The van der Waals surface area contributed by atoms with E-state index in [0.717, 1.165) is 11.4 Å². The standard InChI is InChI=1S/C12H15NO/c1-9(10-3-4-10)13-11-5-7-12(14-2)8-6-11/h5-8,13H,3-4H2,1-2H3. The van der Waals surface area contributed by atoms with E-state index in [2.05, 4.69) is 12.2 Å². The topological polar surface area (TPSA) is 21.3 Å². The molecule has 0 unspecified atom stereocenters. The lowest BCUT2D eigenvalue weighted by Gasteiger charge is -2.06. The molecule has 74 valence electrons. The summed E-state index contributed by atoms with van der Waals surface area (Å²) in [5, 5.41) is 3.38. The average molecular weight is 189 g/mol. The number of nitrogens with one attached hydrogen (secondary N) is 1. The van der Waals surface area contributed by atoms with Gasteiger partial charge in [0.2, 0.25) is 0 Å². The maximum atomic E-state index is 5.09. The van der Waals surface area contributed by atoms with Gasteiger partial charge >= 0.3 is 0 Å². The SMILES string of the molecule is COc1ccc(NC(C)=C2CC2)cc1. The number of hydrogen-bond acceptors (Lipinski definition) is 2. The molecule has 1 aromatic carbocycles. The minimum Gasteiger partial charge on any atom is -0.497 e. The second kappa shape index (κ2) is 3.74. The molecule has 2 heteroatoms. The van der Waals surface area contributed by atoms with E-state index in [1.807, 2.05) is 24.3 Å². The minimum atomic E-state index is 0.896. The van der Waals surface area contributed by atoms with Crippen molar-refractivity contribution in [1.29, 1.82) is 0 Å². The number of rotatable bonds is 3. The van der Waals surface area contributed by atoms with Gasteiger partial charge in [0.25, 0.3) is 0 Å². The number of hydrogen-bond donors (Lipinski definition) is 1. The molecule has 14 heavy (non-hydrogen) atoms. The number of ether oxygens (including phenoxy) is 1. The van der Waals surface area contributed by atoms with Crippen LogP contribution in [0.25, 0.3) is 0 Å². The summed E-state index contributed by atoms with van der Waals surface area (Å²) in [4.78, 5) is 0. The smallest absolute Gasteiger partial charge is 0.119 e. The lowest BCUT2D eigenvalue weighted by molar-refractivity contribution is 0.415. The Labute approximate surface area is 84.6 Å². The summed E-state index contributed by atoms with van der Waals surface area (Å²) < 4.78 is 5.09. The third-order valence-corrected chi connectivity index (χ3v) is 2.45. The average Bonchev–Trinajstić information content (AvgIpc) is 3.02. The van der Waals surface area contributed by atoms with Crippen LogP contribution in [0.4, 0.5) is 5.69 Å². The molecule has 0 aromatic heterocycles. The molecule has 1 aliphatic carbocycles. The number of anilines is 1. The van der Waals surface area contributed by atoms with Crippen molar-refractivity contribution in [2.45, 2.75) is 19.8 Å². The molecule has 0 heterocycles. The van der Waals surface area contributed by atoms with Gasteiger partial charge in [-0.05, 0) is 44.0 Å². The highest BCUT2D eigenvalue weighted by Gasteiger charge is 2.14. The van der Waals surface area contributed by atoms with Crippen molar-refractivity contribution >= 4 is 5.69 Å². The molecule has 0 radical (unpaired) electrons. The van der Waals surface area contributed by atoms with Gasteiger partial charge in [-0.1, -0.05) is 5.57 Å². The fourth-order valence-corrected chi connectivity index (χ4v) is 1.42. The van der Waals surface area contributed by atoms with E-state index < -0.39 is 0 Å². The Morgan fingerprint density at radius 2 is 1.86 bits per heavy atom. The van der Waals surface area contributed by atoms with Gasteiger partial charge in [0, 0.05) is 11.4 Å². The summed E-state index contributed by atoms with van der Waals surface area (Å²) in [5.41, 5.74) is 3.97. The van der Waals surface area contributed by atoms with E-state index >= 15 is 0 Å². The molecule has 1 aliphatic rings. The van der Waals surface area contributed by atoms with Gasteiger partial charge in [0.1, 0.15) is 5.75 Å². The van der Waals surface area contributed by atoms with Crippen molar-refractivity contribution in [3.8, 4) is 5.75 Å². The monoisotopic (exact) mass is 189 g/mol. The highest BCUT2D eigenvalue weighted by molar-refractivity contribution is 5.51. The van der Waals surface area contributed by atoms with E-state index in [0.29, 0.717) is 0 Å². The van der Waals surface area contributed by atoms with Gasteiger partial charge in [-0.2, -0.15) is 0 Å². The third-order valence-electron chi connectivity index (χ3n) is 2.45. The highest BCUT2D eigenvalue weighted by Crippen LogP contribution is 2.31. The molecule has 2 rings (SSSR count). The van der Waals surface area contributed by atoms with E-state index in [4.69, 9.17) is 4.74 Å². The lowest BCUT2D eigenvalue weighted by Crippen LogP contribution is -1.95. The molecule has 1 N–H and O–H groups in total. The molecule has 0 atom stereocenters. The second-order valence-corrected chi connectivity index (χ2v) is 3.58. The predicted octanol–water partition coefficient (Wildman–Crippen LogP) is 3.17. The van der Waals surface area contributed by atoms with Gasteiger partial charge < -0.3 is 10.1 Å². The number of benzene rings is 1. The Bertz CT molecular complexity index is 345. The van der Waals surface area contributed by atoms with Crippen molar-refractivity contribution < 1.29 is 4.74 Å². The molecular formula is C12H15NO. The van der Waals surface area contributed by atoms with E-state index in [9.17, 15) is 0 Å². The molecule has 1 aromatic rings. The normalized spacial score (nSPS) is 13.7. The third kappa shape index (κ3) is 2.08. The fraction of sp³-hybridized carbons (Fsp3) is 0.333. The molecule has 1 saturated carbocycles. The summed E-state index contributed by atoms with van der Waals surface area (Å²) in [6.45, 7) is 2.13. The number of allylic oxidation sites excluding steroid dienone is 2.